The Bertz CT molecular complexity index is 518. The van der Waals surface area contributed by atoms with E-state index in [1.54, 1.807) is 18.4 Å². The number of nitrogens with one attached hydrogen (secondary N) is 1. The molecule has 1 atom stereocenters. The molecule has 0 saturated heterocycles. The van der Waals surface area contributed by atoms with E-state index in [-0.39, 0.29) is 29.6 Å². The number of esters is 1. The normalized spacial score (nSPS) is 11.7. The molecule has 0 aliphatic heterocycles. The molecule has 0 aromatic carbocycles. The van der Waals surface area contributed by atoms with Crippen molar-refractivity contribution in [1.82, 2.24) is 0 Å². The maximum absolute atomic E-state index is 11.7. The van der Waals surface area contributed by atoms with Crippen LogP contribution in [0.4, 0.5) is 5.00 Å². The summed E-state index contributed by atoms with van der Waals surface area (Å²) in [5, 5.41) is 4.69. The minimum atomic E-state index is -0.759. The molecule has 2 amide bonds. The van der Waals surface area contributed by atoms with E-state index in [0.717, 1.165) is 0 Å². The molecule has 1 aromatic rings. The summed E-state index contributed by atoms with van der Waals surface area (Å²) in [6.45, 7) is 1.97. The molecule has 0 aliphatic rings. The molecule has 0 saturated carbocycles. The molecule has 21 heavy (non-hydrogen) atoms. The summed E-state index contributed by atoms with van der Waals surface area (Å²) in [4.78, 5) is 34.1. The summed E-state index contributed by atoms with van der Waals surface area (Å²) in [5.41, 5.74) is 11.1. The zero-order valence-electron chi connectivity index (χ0n) is 11.5. The largest absolute Gasteiger partial charge is 0.465 e. The van der Waals surface area contributed by atoms with E-state index in [1.807, 2.05) is 0 Å². The van der Waals surface area contributed by atoms with Gasteiger partial charge in [-0.15, -0.1) is 23.1 Å². The fraction of sp³-hybridized carbons (Fsp3) is 0.417. The first-order chi connectivity index (χ1) is 9.95. The Kier molecular flexibility index (Phi) is 7.20. The Labute approximate surface area is 130 Å². The van der Waals surface area contributed by atoms with E-state index in [1.165, 1.54) is 23.1 Å². The number of amides is 2. The van der Waals surface area contributed by atoms with Gasteiger partial charge in [0.2, 0.25) is 5.91 Å². The molecule has 116 valence electrons. The molecule has 1 unspecified atom stereocenters. The lowest BCUT2D eigenvalue weighted by Gasteiger charge is -2.10. The van der Waals surface area contributed by atoms with Gasteiger partial charge in [-0.1, -0.05) is 0 Å². The molecule has 1 rings (SSSR count). The van der Waals surface area contributed by atoms with Crippen molar-refractivity contribution in [3.05, 3.63) is 17.0 Å². The van der Waals surface area contributed by atoms with Crippen LogP contribution in [0.3, 0.4) is 0 Å². The quantitative estimate of drug-likeness (QED) is 0.593. The topological polar surface area (TPSA) is 125 Å². The van der Waals surface area contributed by atoms with Crippen molar-refractivity contribution in [3.8, 4) is 0 Å². The van der Waals surface area contributed by atoms with E-state index in [4.69, 9.17) is 16.2 Å². The van der Waals surface area contributed by atoms with Gasteiger partial charge in [0.05, 0.1) is 17.9 Å². The first-order valence-corrected chi connectivity index (χ1v) is 8.16. The van der Waals surface area contributed by atoms with Crippen LogP contribution in [0.15, 0.2) is 11.4 Å². The number of hydrogen-bond donors (Lipinski definition) is 3. The van der Waals surface area contributed by atoms with Gasteiger partial charge in [0.1, 0.15) is 11.0 Å². The highest BCUT2D eigenvalue weighted by Crippen LogP contribution is 2.22. The molecular weight excluding hydrogens is 314 g/mol. The monoisotopic (exact) mass is 331 g/mol. The van der Waals surface area contributed by atoms with Gasteiger partial charge in [0, 0.05) is 5.75 Å². The number of anilines is 1. The van der Waals surface area contributed by atoms with Gasteiger partial charge in [0.15, 0.2) is 0 Å². The molecule has 0 radical (unpaired) electrons. The van der Waals surface area contributed by atoms with Crippen LogP contribution in [-0.2, 0) is 14.3 Å². The zero-order valence-corrected chi connectivity index (χ0v) is 13.1. The second kappa shape index (κ2) is 8.65. The summed E-state index contributed by atoms with van der Waals surface area (Å²) < 4.78 is 4.76. The summed E-state index contributed by atoms with van der Waals surface area (Å²) in [5.74, 6) is -0.980. The fourth-order valence-electron chi connectivity index (χ4n) is 1.36. The van der Waals surface area contributed by atoms with Crippen LogP contribution in [0, 0.1) is 0 Å². The minimum Gasteiger partial charge on any atom is -0.465 e. The number of rotatable bonds is 8. The van der Waals surface area contributed by atoms with Crippen LogP contribution in [-0.4, -0.2) is 41.9 Å². The lowest BCUT2D eigenvalue weighted by molar-refractivity contribution is -0.144. The molecule has 7 nitrogen and oxygen atoms in total. The van der Waals surface area contributed by atoms with Crippen LogP contribution in [0.1, 0.15) is 17.3 Å². The third-order valence-corrected chi connectivity index (χ3v) is 4.19. The molecule has 5 N–H and O–H groups in total. The Hall–Kier alpha value is -1.58. The summed E-state index contributed by atoms with van der Waals surface area (Å²) in [7, 11) is 0. The van der Waals surface area contributed by atoms with Gasteiger partial charge in [-0.2, -0.15) is 0 Å². The van der Waals surface area contributed by atoms with Crippen molar-refractivity contribution in [1.29, 1.82) is 0 Å². The van der Waals surface area contributed by atoms with Crippen molar-refractivity contribution < 1.29 is 19.1 Å². The van der Waals surface area contributed by atoms with Crippen molar-refractivity contribution in [2.75, 3.05) is 23.4 Å². The third-order valence-electron chi connectivity index (χ3n) is 2.30. The number of primary amides is 1. The first-order valence-electron chi connectivity index (χ1n) is 6.12. The maximum Gasteiger partial charge on any atom is 0.323 e. The molecule has 1 aromatic heterocycles. The Balaban J connectivity index is 2.36. The second-order valence-electron chi connectivity index (χ2n) is 3.95. The van der Waals surface area contributed by atoms with Crippen LogP contribution >= 0.6 is 23.1 Å². The van der Waals surface area contributed by atoms with Crippen LogP contribution in [0.5, 0.6) is 0 Å². The Morgan fingerprint density at radius 3 is 2.81 bits per heavy atom. The van der Waals surface area contributed by atoms with E-state index >= 15 is 0 Å². The standard InChI is InChI=1S/C12H17N3O4S2/c1-2-19-12(18)8(13)5-20-6-9(16)15-11-7(10(14)17)3-4-21-11/h3-4,8H,2,5-6,13H2,1H3,(H2,14,17)(H,15,16). The van der Waals surface area contributed by atoms with Crippen LogP contribution in [0.2, 0.25) is 0 Å². The van der Waals surface area contributed by atoms with Gasteiger partial charge < -0.3 is 21.5 Å². The van der Waals surface area contributed by atoms with Crippen LogP contribution in [0.25, 0.3) is 0 Å². The molecule has 1 heterocycles. The van der Waals surface area contributed by atoms with Crippen molar-refractivity contribution >= 4 is 45.9 Å². The number of thiophene rings is 1. The SMILES string of the molecule is CCOC(=O)C(N)CSCC(=O)Nc1sccc1C(N)=O. The fourth-order valence-corrected chi connectivity index (χ4v) is 2.93. The van der Waals surface area contributed by atoms with Crippen molar-refractivity contribution in [2.45, 2.75) is 13.0 Å². The molecule has 0 spiro atoms. The predicted molar refractivity (Wildman–Crippen MR) is 83.4 cm³/mol. The van der Waals surface area contributed by atoms with Gasteiger partial charge in [0.25, 0.3) is 5.91 Å². The average molecular weight is 331 g/mol. The number of carbonyl (C=O) groups is 3. The second-order valence-corrected chi connectivity index (χ2v) is 5.90. The summed E-state index contributed by atoms with van der Waals surface area (Å²) >= 11 is 2.43. The lowest BCUT2D eigenvalue weighted by Crippen LogP contribution is -2.35. The Morgan fingerprint density at radius 1 is 1.48 bits per heavy atom. The minimum absolute atomic E-state index is 0.114. The average Bonchev–Trinajstić information content (AvgIpc) is 2.87. The van der Waals surface area contributed by atoms with Crippen LogP contribution < -0.4 is 16.8 Å². The number of carbonyl (C=O) groups excluding carboxylic acids is 3. The van der Waals surface area contributed by atoms with E-state index < -0.39 is 17.9 Å². The maximum atomic E-state index is 11.7. The number of thioether (sulfide) groups is 1. The van der Waals surface area contributed by atoms with Gasteiger partial charge >= 0.3 is 5.97 Å². The smallest absolute Gasteiger partial charge is 0.323 e. The van der Waals surface area contributed by atoms with Gasteiger partial charge in [-0.3, -0.25) is 14.4 Å². The van der Waals surface area contributed by atoms with E-state index in [0.29, 0.717) is 5.00 Å². The van der Waals surface area contributed by atoms with Gasteiger partial charge in [-0.25, -0.2) is 0 Å². The molecule has 9 heteroatoms. The molecular formula is C12H17N3O4S2. The van der Waals surface area contributed by atoms with Crippen molar-refractivity contribution in [2.24, 2.45) is 11.5 Å². The number of nitrogens with two attached hydrogens (primary N) is 2. The zero-order chi connectivity index (χ0) is 15.8. The first kappa shape index (κ1) is 17.5. The highest BCUT2D eigenvalue weighted by Gasteiger charge is 2.16. The van der Waals surface area contributed by atoms with E-state index in [9.17, 15) is 14.4 Å². The molecule has 0 aliphatic carbocycles. The third kappa shape index (κ3) is 5.74. The van der Waals surface area contributed by atoms with Crippen molar-refractivity contribution in [3.63, 3.8) is 0 Å². The highest BCUT2D eigenvalue weighted by atomic mass is 32.2. The number of ether oxygens (including phenoxy) is 1. The molecule has 0 fully saturated rings. The Morgan fingerprint density at radius 2 is 2.19 bits per heavy atom. The lowest BCUT2D eigenvalue weighted by atomic mass is 10.3. The summed E-state index contributed by atoms with van der Waals surface area (Å²) in [6, 6.07) is 0.789. The van der Waals surface area contributed by atoms with E-state index in [2.05, 4.69) is 5.32 Å². The molecule has 0 bridgehead atoms. The summed E-state index contributed by atoms with van der Waals surface area (Å²) in [6.07, 6.45) is 0. The predicted octanol–water partition coefficient (Wildman–Crippen LogP) is 0.409. The highest BCUT2D eigenvalue weighted by molar-refractivity contribution is 8.00. The van der Waals surface area contributed by atoms with Gasteiger partial charge in [-0.05, 0) is 18.4 Å². The number of hydrogen-bond acceptors (Lipinski definition) is 7.